The van der Waals surface area contributed by atoms with E-state index < -0.39 is 11.9 Å². The standard InChI is InChI=1S/C24H25NO5/c1-4-28-24(27)22-21(20(15(2)26)16(3)30-23(22)25)18-10-12-19(13-11-18)29-14-17-8-6-5-7-9-17/h5-13,21H,4,14,25H2,1-3H3/t21-/m0/s1. The van der Waals surface area contributed by atoms with Crippen LogP contribution >= 0.6 is 0 Å². The molecule has 0 radical (unpaired) electrons. The van der Waals surface area contributed by atoms with Crippen molar-refractivity contribution in [3.05, 3.63) is 88.5 Å². The maximum atomic E-state index is 12.6. The number of rotatable bonds is 7. The molecule has 0 aromatic heterocycles. The number of hydrogen-bond donors (Lipinski definition) is 1. The molecule has 156 valence electrons. The molecular formula is C24H25NO5. The summed E-state index contributed by atoms with van der Waals surface area (Å²) in [6.45, 7) is 5.44. The van der Waals surface area contributed by atoms with Crippen molar-refractivity contribution >= 4 is 11.8 Å². The molecule has 1 aliphatic heterocycles. The molecule has 3 rings (SSSR count). The number of benzene rings is 2. The summed E-state index contributed by atoms with van der Waals surface area (Å²) in [4.78, 5) is 25.0. The molecule has 0 saturated carbocycles. The summed E-state index contributed by atoms with van der Waals surface area (Å²) in [5.74, 6) is -0.465. The maximum absolute atomic E-state index is 12.6. The molecule has 1 heterocycles. The Morgan fingerprint density at radius 1 is 1.03 bits per heavy atom. The Morgan fingerprint density at radius 2 is 1.70 bits per heavy atom. The smallest absolute Gasteiger partial charge is 0.340 e. The first kappa shape index (κ1) is 21.2. The molecule has 0 bridgehead atoms. The van der Waals surface area contributed by atoms with Gasteiger partial charge in [0.25, 0.3) is 0 Å². The van der Waals surface area contributed by atoms with Gasteiger partial charge < -0.3 is 19.9 Å². The second-order valence-electron chi connectivity index (χ2n) is 6.90. The summed E-state index contributed by atoms with van der Waals surface area (Å²) >= 11 is 0. The minimum atomic E-state index is -0.668. The van der Waals surface area contributed by atoms with Crippen molar-refractivity contribution in [1.82, 2.24) is 0 Å². The lowest BCUT2D eigenvalue weighted by Crippen LogP contribution is -2.28. The first-order chi connectivity index (χ1) is 14.4. The van der Waals surface area contributed by atoms with Gasteiger partial charge in [-0.25, -0.2) is 4.79 Å². The fraction of sp³-hybridized carbons (Fsp3) is 0.250. The Bertz CT molecular complexity index is 990. The van der Waals surface area contributed by atoms with Gasteiger partial charge in [-0.1, -0.05) is 42.5 Å². The van der Waals surface area contributed by atoms with Crippen LogP contribution in [0.1, 0.15) is 37.8 Å². The van der Waals surface area contributed by atoms with Crippen LogP contribution < -0.4 is 10.5 Å². The third kappa shape index (κ3) is 4.54. The average molecular weight is 407 g/mol. The summed E-state index contributed by atoms with van der Waals surface area (Å²) < 4.78 is 16.5. The zero-order valence-electron chi connectivity index (χ0n) is 17.3. The molecule has 2 N–H and O–H groups in total. The minimum absolute atomic E-state index is 0.0506. The normalized spacial score (nSPS) is 16.2. The summed E-state index contributed by atoms with van der Waals surface area (Å²) in [5, 5.41) is 0. The minimum Gasteiger partial charge on any atom is -0.489 e. The largest absolute Gasteiger partial charge is 0.489 e. The van der Waals surface area contributed by atoms with Crippen LogP contribution in [0.4, 0.5) is 0 Å². The van der Waals surface area contributed by atoms with E-state index in [0.29, 0.717) is 23.7 Å². The van der Waals surface area contributed by atoms with E-state index in [1.165, 1.54) is 6.92 Å². The number of ketones is 1. The third-order valence-corrected chi connectivity index (χ3v) is 4.82. The van der Waals surface area contributed by atoms with Crippen LogP contribution in [0.15, 0.2) is 77.4 Å². The Morgan fingerprint density at radius 3 is 2.30 bits per heavy atom. The van der Waals surface area contributed by atoms with Gasteiger partial charge in [-0.3, -0.25) is 4.79 Å². The molecule has 0 aliphatic carbocycles. The number of esters is 1. The molecule has 0 unspecified atom stereocenters. The van der Waals surface area contributed by atoms with E-state index >= 15 is 0 Å². The summed E-state index contributed by atoms with van der Waals surface area (Å²) in [6, 6.07) is 17.1. The van der Waals surface area contributed by atoms with E-state index in [1.54, 1.807) is 26.0 Å². The monoisotopic (exact) mass is 407 g/mol. The first-order valence-electron chi connectivity index (χ1n) is 9.75. The molecule has 6 nitrogen and oxygen atoms in total. The van der Waals surface area contributed by atoms with Gasteiger partial charge >= 0.3 is 5.97 Å². The maximum Gasteiger partial charge on any atom is 0.340 e. The lowest BCUT2D eigenvalue weighted by atomic mass is 9.81. The Labute approximate surface area is 175 Å². The van der Waals surface area contributed by atoms with Crippen molar-refractivity contribution < 1.29 is 23.8 Å². The molecule has 0 amide bonds. The van der Waals surface area contributed by atoms with E-state index in [-0.39, 0.29) is 23.8 Å². The number of Topliss-reactive ketones (excluding diaryl/α,β-unsaturated/α-hetero) is 1. The number of ether oxygens (including phenoxy) is 3. The Hall–Kier alpha value is -3.54. The second-order valence-corrected chi connectivity index (χ2v) is 6.90. The molecular weight excluding hydrogens is 382 g/mol. The summed E-state index contributed by atoms with van der Waals surface area (Å²) in [7, 11) is 0. The topological polar surface area (TPSA) is 87.9 Å². The molecule has 6 heteroatoms. The Balaban J connectivity index is 1.91. The molecule has 2 aromatic carbocycles. The molecule has 0 spiro atoms. The Kier molecular flexibility index (Phi) is 6.57. The zero-order valence-corrected chi connectivity index (χ0v) is 17.3. The number of allylic oxidation sites excluding steroid dienone is 2. The van der Waals surface area contributed by atoms with E-state index in [9.17, 15) is 9.59 Å². The van der Waals surface area contributed by atoms with Gasteiger partial charge in [0.1, 0.15) is 23.7 Å². The molecule has 1 atom stereocenters. The first-order valence-corrected chi connectivity index (χ1v) is 9.75. The average Bonchev–Trinajstić information content (AvgIpc) is 2.72. The molecule has 2 aromatic rings. The highest BCUT2D eigenvalue weighted by atomic mass is 16.5. The predicted octanol–water partition coefficient (Wildman–Crippen LogP) is 3.98. The van der Waals surface area contributed by atoms with Gasteiger partial charge in [0.2, 0.25) is 5.88 Å². The molecule has 30 heavy (non-hydrogen) atoms. The van der Waals surface area contributed by atoms with Gasteiger partial charge in [-0.2, -0.15) is 0 Å². The zero-order chi connectivity index (χ0) is 21.7. The van der Waals surface area contributed by atoms with E-state index in [4.69, 9.17) is 19.9 Å². The van der Waals surface area contributed by atoms with Crippen LogP contribution in [0.25, 0.3) is 0 Å². The van der Waals surface area contributed by atoms with Crippen LogP contribution in [0.2, 0.25) is 0 Å². The SMILES string of the molecule is CCOC(=O)C1=C(N)OC(C)=C(C(C)=O)[C@@H]1c1ccc(OCc2ccccc2)cc1. The van der Waals surface area contributed by atoms with Crippen molar-refractivity contribution in [2.45, 2.75) is 33.3 Å². The highest BCUT2D eigenvalue weighted by Gasteiger charge is 2.37. The number of carbonyl (C=O) groups is 2. The molecule has 1 aliphatic rings. The van der Waals surface area contributed by atoms with Crippen molar-refractivity contribution in [3.63, 3.8) is 0 Å². The van der Waals surface area contributed by atoms with E-state index in [2.05, 4.69) is 0 Å². The van der Waals surface area contributed by atoms with Gasteiger partial charge in [0.05, 0.1) is 12.5 Å². The van der Waals surface area contributed by atoms with Crippen molar-refractivity contribution in [2.24, 2.45) is 5.73 Å². The van der Waals surface area contributed by atoms with E-state index in [0.717, 1.165) is 11.1 Å². The predicted molar refractivity (Wildman–Crippen MR) is 112 cm³/mol. The fourth-order valence-electron chi connectivity index (χ4n) is 3.47. The number of carbonyl (C=O) groups excluding carboxylic acids is 2. The lowest BCUT2D eigenvalue weighted by Gasteiger charge is -2.28. The van der Waals surface area contributed by atoms with Gasteiger partial charge in [0, 0.05) is 5.57 Å². The van der Waals surface area contributed by atoms with Crippen molar-refractivity contribution in [1.29, 1.82) is 0 Å². The van der Waals surface area contributed by atoms with E-state index in [1.807, 2.05) is 42.5 Å². The van der Waals surface area contributed by atoms with Crippen LogP contribution in [-0.2, 0) is 25.7 Å². The lowest BCUT2D eigenvalue weighted by molar-refractivity contribution is -0.139. The number of nitrogens with two attached hydrogens (primary N) is 1. The summed E-state index contributed by atoms with van der Waals surface area (Å²) in [5.41, 5.74) is 8.31. The quantitative estimate of drug-likeness (QED) is 0.699. The highest BCUT2D eigenvalue weighted by Crippen LogP contribution is 2.40. The highest BCUT2D eigenvalue weighted by molar-refractivity contribution is 6.01. The van der Waals surface area contributed by atoms with Gasteiger partial charge in [-0.05, 0) is 44.0 Å². The molecule has 0 saturated heterocycles. The van der Waals surface area contributed by atoms with Crippen LogP contribution in [0, 0.1) is 0 Å². The molecule has 0 fully saturated rings. The fourth-order valence-corrected chi connectivity index (χ4v) is 3.47. The van der Waals surface area contributed by atoms with Gasteiger partial charge in [0.15, 0.2) is 5.78 Å². The van der Waals surface area contributed by atoms with Crippen molar-refractivity contribution in [3.8, 4) is 5.75 Å². The van der Waals surface area contributed by atoms with Crippen molar-refractivity contribution in [2.75, 3.05) is 6.61 Å². The number of hydrogen-bond acceptors (Lipinski definition) is 6. The second kappa shape index (κ2) is 9.31. The summed E-state index contributed by atoms with van der Waals surface area (Å²) in [6.07, 6.45) is 0. The van der Waals surface area contributed by atoms with Crippen LogP contribution in [0.3, 0.4) is 0 Å². The third-order valence-electron chi connectivity index (χ3n) is 4.82. The van der Waals surface area contributed by atoms with Crippen LogP contribution in [0.5, 0.6) is 5.75 Å². The van der Waals surface area contributed by atoms with Gasteiger partial charge in [-0.15, -0.1) is 0 Å². The van der Waals surface area contributed by atoms with Crippen LogP contribution in [-0.4, -0.2) is 18.4 Å².